The summed E-state index contributed by atoms with van der Waals surface area (Å²) < 4.78 is 34.0. The zero-order valence-electron chi connectivity index (χ0n) is 24.1. The van der Waals surface area contributed by atoms with E-state index in [1.807, 2.05) is 34.9 Å². The third-order valence-electron chi connectivity index (χ3n) is 8.76. The molecule has 0 radical (unpaired) electrons. The summed E-state index contributed by atoms with van der Waals surface area (Å²) in [4.78, 5) is 29.9. The fourth-order valence-corrected chi connectivity index (χ4v) is 8.71. The molecule has 2 aliphatic carbocycles. The molecule has 2 atom stereocenters. The van der Waals surface area contributed by atoms with Crippen LogP contribution in [0.3, 0.4) is 0 Å². The van der Waals surface area contributed by atoms with E-state index in [-0.39, 0.29) is 18.1 Å². The molecule has 1 saturated carbocycles. The lowest BCUT2D eigenvalue weighted by atomic mass is 9.77. The minimum Gasteiger partial charge on any atom is -0.468 e. The standard InChI is InChI=1S/C33H35FN2O4S2/c1-33(2)14-12-23(13-15-33)41-24-8-10-26-27-11-9-25(19-29(27)31(37)28(26)18-24)42(39)36-17-16-35(20-30(36)32(38)40-3)22-6-4-21(34)5-7-22/h4-11,18-19,23,30H,12-17,20H2,1-3H3. The van der Waals surface area contributed by atoms with Gasteiger partial charge in [0.05, 0.1) is 12.0 Å². The number of fused-ring (bicyclic) bond motifs is 3. The summed E-state index contributed by atoms with van der Waals surface area (Å²) in [7, 11) is -0.383. The van der Waals surface area contributed by atoms with Gasteiger partial charge in [0, 0.05) is 46.6 Å². The van der Waals surface area contributed by atoms with Crippen LogP contribution in [0.15, 0.2) is 70.5 Å². The average Bonchev–Trinajstić information content (AvgIpc) is 3.28. The van der Waals surface area contributed by atoms with E-state index < -0.39 is 23.0 Å². The monoisotopic (exact) mass is 606 g/mol. The van der Waals surface area contributed by atoms with Crippen LogP contribution in [-0.2, 0) is 20.5 Å². The number of nitrogens with zero attached hydrogens (tertiary/aromatic N) is 2. The molecule has 2 unspecified atom stereocenters. The van der Waals surface area contributed by atoms with Gasteiger partial charge in [-0.1, -0.05) is 26.0 Å². The van der Waals surface area contributed by atoms with E-state index in [4.69, 9.17) is 4.74 Å². The van der Waals surface area contributed by atoms with Crippen LogP contribution in [0, 0.1) is 11.2 Å². The van der Waals surface area contributed by atoms with Crippen molar-refractivity contribution in [2.45, 2.75) is 60.6 Å². The number of carbonyl (C=O) groups is 2. The Morgan fingerprint density at radius 1 is 0.952 bits per heavy atom. The summed E-state index contributed by atoms with van der Waals surface area (Å²) in [5, 5.41) is 0.565. The second-order valence-corrected chi connectivity index (χ2v) is 14.9. The quantitative estimate of drug-likeness (QED) is 0.234. The first-order chi connectivity index (χ1) is 20.1. The van der Waals surface area contributed by atoms with Gasteiger partial charge in [-0.2, -0.15) is 0 Å². The number of anilines is 1. The van der Waals surface area contributed by atoms with Crippen LogP contribution in [-0.4, -0.2) is 58.3 Å². The molecule has 1 heterocycles. The van der Waals surface area contributed by atoms with E-state index in [1.54, 1.807) is 28.6 Å². The van der Waals surface area contributed by atoms with Crippen molar-refractivity contribution >= 4 is 40.2 Å². The summed E-state index contributed by atoms with van der Waals surface area (Å²) in [5.41, 5.74) is 4.17. The van der Waals surface area contributed by atoms with Crippen molar-refractivity contribution in [2.75, 3.05) is 31.6 Å². The molecule has 6 nitrogen and oxygen atoms in total. The second-order valence-electron chi connectivity index (χ2n) is 12.1. The number of benzene rings is 3. The van der Waals surface area contributed by atoms with E-state index in [0.29, 0.717) is 39.8 Å². The number of carbonyl (C=O) groups excluding carboxylic acids is 2. The molecule has 0 N–H and O–H groups in total. The van der Waals surface area contributed by atoms with Crippen LogP contribution in [0.5, 0.6) is 0 Å². The van der Waals surface area contributed by atoms with Crippen LogP contribution in [0.25, 0.3) is 11.1 Å². The number of thioether (sulfide) groups is 1. The van der Waals surface area contributed by atoms with E-state index in [9.17, 15) is 18.2 Å². The maximum absolute atomic E-state index is 13.9. The molecule has 0 bridgehead atoms. The maximum atomic E-state index is 13.9. The first-order valence-electron chi connectivity index (χ1n) is 14.4. The number of halogens is 1. The third-order valence-corrected chi connectivity index (χ3v) is 11.6. The Kier molecular flexibility index (Phi) is 8.02. The zero-order valence-corrected chi connectivity index (χ0v) is 25.7. The molecule has 0 amide bonds. The Labute approximate surface area is 253 Å². The molecular weight excluding hydrogens is 572 g/mol. The first-order valence-corrected chi connectivity index (χ1v) is 16.4. The molecule has 6 rings (SSSR count). The number of hydrogen-bond acceptors (Lipinski definition) is 6. The molecule has 0 spiro atoms. The number of ketones is 1. The lowest BCUT2D eigenvalue weighted by Crippen LogP contribution is -2.57. The highest BCUT2D eigenvalue weighted by Crippen LogP contribution is 2.44. The lowest BCUT2D eigenvalue weighted by molar-refractivity contribution is -0.145. The van der Waals surface area contributed by atoms with Gasteiger partial charge in [-0.3, -0.25) is 9.59 Å². The Bertz CT molecular complexity index is 1550. The average molecular weight is 607 g/mol. The highest BCUT2D eigenvalue weighted by molar-refractivity contribution is 8.00. The topological polar surface area (TPSA) is 66.9 Å². The van der Waals surface area contributed by atoms with Gasteiger partial charge in [0.1, 0.15) is 22.8 Å². The van der Waals surface area contributed by atoms with E-state index in [0.717, 1.165) is 21.7 Å². The van der Waals surface area contributed by atoms with Gasteiger partial charge in [0.15, 0.2) is 5.78 Å². The largest absolute Gasteiger partial charge is 0.468 e. The lowest BCUT2D eigenvalue weighted by Gasteiger charge is -2.39. The van der Waals surface area contributed by atoms with Crippen LogP contribution in [0.2, 0.25) is 0 Å². The number of methoxy groups -OCH3 is 1. The molecule has 3 aromatic carbocycles. The molecule has 3 aliphatic rings. The van der Waals surface area contributed by atoms with Crippen molar-refractivity contribution in [2.24, 2.45) is 5.41 Å². The third kappa shape index (κ3) is 5.66. The molecular formula is C33H35FN2O4S2. The number of piperazine rings is 1. The second kappa shape index (κ2) is 11.6. The normalized spacial score (nSPS) is 21.1. The molecule has 1 aliphatic heterocycles. The summed E-state index contributed by atoms with van der Waals surface area (Å²) >= 11 is 1.87. The fourth-order valence-electron chi connectivity index (χ4n) is 6.22. The van der Waals surface area contributed by atoms with Gasteiger partial charge in [0.25, 0.3) is 0 Å². The summed E-state index contributed by atoms with van der Waals surface area (Å²) in [6.45, 7) is 5.75. The molecule has 2 fully saturated rings. The molecule has 220 valence electrons. The van der Waals surface area contributed by atoms with Crippen molar-refractivity contribution < 1.29 is 22.9 Å². The molecule has 3 aromatic rings. The van der Waals surface area contributed by atoms with Gasteiger partial charge in [-0.15, -0.1) is 11.8 Å². The number of hydrogen-bond donors (Lipinski definition) is 0. The predicted octanol–water partition coefficient (Wildman–Crippen LogP) is 6.48. The van der Waals surface area contributed by atoms with Gasteiger partial charge >= 0.3 is 5.97 Å². The Balaban J connectivity index is 1.20. The number of esters is 1. The summed E-state index contributed by atoms with van der Waals surface area (Å²) in [6.07, 6.45) is 4.81. The van der Waals surface area contributed by atoms with Crippen LogP contribution >= 0.6 is 11.8 Å². The zero-order chi connectivity index (χ0) is 29.6. The van der Waals surface area contributed by atoms with Crippen LogP contribution < -0.4 is 4.90 Å². The minimum atomic E-state index is -1.70. The molecule has 1 saturated heterocycles. The van der Waals surface area contributed by atoms with Crippen molar-refractivity contribution in [1.82, 2.24) is 4.31 Å². The van der Waals surface area contributed by atoms with Gasteiger partial charge < -0.3 is 9.64 Å². The summed E-state index contributed by atoms with van der Waals surface area (Å²) in [5.74, 6) is -0.886. The van der Waals surface area contributed by atoms with E-state index in [2.05, 4.69) is 19.9 Å². The van der Waals surface area contributed by atoms with E-state index in [1.165, 1.54) is 44.9 Å². The highest BCUT2D eigenvalue weighted by Gasteiger charge is 2.38. The van der Waals surface area contributed by atoms with Gasteiger partial charge in [-0.05, 0) is 90.8 Å². The summed E-state index contributed by atoms with van der Waals surface area (Å²) in [6, 6.07) is 16.8. The van der Waals surface area contributed by atoms with E-state index >= 15 is 0 Å². The van der Waals surface area contributed by atoms with Crippen LogP contribution in [0.4, 0.5) is 10.1 Å². The Morgan fingerprint density at radius 3 is 2.31 bits per heavy atom. The number of rotatable bonds is 6. The molecule has 9 heteroatoms. The molecule has 0 aromatic heterocycles. The van der Waals surface area contributed by atoms with Crippen molar-refractivity contribution in [3.8, 4) is 11.1 Å². The SMILES string of the molecule is COC(=O)C1CN(c2ccc(F)cc2)CCN1S(=O)c1ccc2c(c1)C(=O)c1cc(SC3CCC(C)(C)CC3)ccc1-2. The minimum absolute atomic E-state index is 0.0586. The van der Waals surface area contributed by atoms with Crippen molar-refractivity contribution in [3.05, 3.63) is 77.6 Å². The highest BCUT2D eigenvalue weighted by atomic mass is 32.2. The Hall–Kier alpha value is -3.01. The maximum Gasteiger partial charge on any atom is 0.325 e. The Morgan fingerprint density at radius 2 is 1.62 bits per heavy atom. The predicted molar refractivity (Wildman–Crippen MR) is 165 cm³/mol. The van der Waals surface area contributed by atoms with Crippen molar-refractivity contribution in [3.63, 3.8) is 0 Å². The first kappa shape index (κ1) is 29.1. The van der Waals surface area contributed by atoms with Gasteiger partial charge in [0.2, 0.25) is 0 Å². The van der Waals surface area contributed by atoms with Crippen molar-refractivity contribution in [1.29, 1.82) is 0 Å². The van der Waals surface area contributed by atoms with Gasteiger partial charge in [-0.25, -0.2) is 12.9 Å². The molecule has 42 heavy (non-hydrogen) atoms. The van der Waals surface area contributed by atoms with Crippen LogP contribution in [0.1, 0.15) is 55.5 Å². The fraction of sp³-hybridized carbons (Fsp3) is 0.394. The smallest absolute Gasteiger partial charge is 0.325 e. The number of ether oxygens (including phenoxy) is 1.